The highest BCUT2D eigenvalue weighted by molar-refractivity contribution is 5.85. The third-order valence-electron chi connectivity index (χ3n) is 4.84. The Balaban J connectivity index is 0.00000208. The van der Waals surface area contributed by atoms with Crippen molar-refractivity contribution in [1.29, 1.82) is 0 Å². The summed E-state index contributed by atoms with van der Waals surface area (Å²) < 4.78 is 1.79. The predicted octanol–water partition coefficient (Wildman–Crippen LogP) is 0.511. The standard InChI is InChI=1S/C16H25N5O2.ClH/c1-13(12-20-10-2-4-14(20)22)19-15(23)16(5-8-17-9-6-16)21-11-3-7-18-21;/h3,7,11,13,17H,2,4-6,8-10,12H2,1H3,(H,19,23);1H. The predicted molar refractivity (Wildman–Crippen MR) is 93.0 cm³/mol. The molecule has 1 aromatic heterocycles. The molecule has 1 unspecified atom stereocenters. The average molecular weight is 356 g/mol. The average Bonchev–Trinajstić information content (AvgIpc) is 3.21. The summed E-state index contributed by atoms with van der Waals surface area (Å²) in [4.78, 5) is 26.6. The summed E-state index contributed by atoms with van der Waals surface area (Å²) >= 11 is 0. The number of hydrogen-bond donors (Lipinski definition) is 2. The molecular formula is C16H26ClN5O2. The first kappa shape index (κ1) is 18.7. The molecule has 24 heavy (non-hydrogen) atoms. The molecule has 1 aromatic rings. The third kappa shape index (κ3) is 3.72. The molecule has 2 aliphatic heterocycles. The monoisotopic (exact) mass is 355 g/mol. The summed E-state index contributed by atoms with van der Waals surface area (Å²) in [7, 11) is 0. The van der Waals surface area contributed by atoms with Crippen LogP contribution in [0.3, 0.4) is 0 Å². The summed E-state index contributed by atoms with van der Waals surface area (Å²) in [5.41, 5.74) is -0.627. The minimum absolute atomic E-state index is 0. The number of hydrogen-bond acceptors (Lipinski definition) is 4. The van der Waals surface area contributed by atoms with E-state index in [1.165, 1.54) is 0 Å². The molecular weight excluding hydrogens is 330 g/mol. The highest BCUT2D eigenvalue weighted by atomic mass is 35.5. The zero-order chi connectivity index (χ0) is 16.3. The van der Waals surface area contributed by atoms with Gasteiger partial charge in [0.25, 0.3) is 0 Å². The highest BCUT2D eigenvalue weighted by Crippen LogP contribution is 2.27. The second-order valence-corrected chi connectivity index (χ2v) is 6.55. The van der Waals surface area contributed by atoms with Crippen molar-refractivity contribution in [3.8, 4) is 0 Å². The Bertz CT molecular complexity index is 557. The fraction of sp³-hybridized carbons (Fsp3) is 0.688. The van der Waals surface area contributed by atoms with Gasteiger partial charge in [-0.2, -0.15) is 5.10 Å². The van der Waals surface area contributed by atoms with Crippen LogP contribution in [0.1, 0.15) is 32.6 Å². The minimum Gasteiger partial charge on any atom is -0.350 e. The smallest absolute Gasteiger partial charge is 0.248 e. The maximum atomic E-state index is 13.0. The van der Waals surface area contributed by atoms with Gasteiger partial charge < -0.3 is 15.5 Å². The van der Waals surface area contributed by atoms with E-state index in [2.05, 4.69) is 15.7 Å². The normalized spacial score (nSPS) is 21.2. The van der Waals surface area contributed by atoms with E-state index in [1.54, 1.807) is 10.9 Å². The van der Waals surface area contributed by atoms with Crippen LogP contribution in [0.15, 0.2) is 18.5 Å². The largest absolute Gasteiger partial charge is 0.350 e. The molecule has 0 radical (unpaired) electrons. The summed E-state index contributed by atoms with van der Waals surface area (Å²) in [6.07, 6.45) is 6.56. The Hall–Kier alpha value is -1.60. The first-order valence-corrected chi connectivity index (χ1v) is 8.41. The maximum absolute atomic E-state index is 13.0. The van der Waals surface area contributed by atoms with E-state index in [0.717, 1.165) is 38.9 Å². The molecule has 2 amide bonds. The lowest BCUT2D eigenvalue weighted by molar-refractivity contribution is -0.134. The number of piperidine rings is 1. The van der Waals surface area contributed by atoms with E-state index < -0.39 is 5.54 Å². The van der Waals surface area contributed by atoms with Crippen molar-refractivity contribution in [2.45, 2.75) is 44.2 Å². The number of rotatable bonds is 5. The molecule has 2 aliphatic rings. The number of aromatic nitrogens is 2. The first-order chi connectivity index (χ1) is 11.1. The number of amides is 2. The first-order valence-electron chi connectivity index (χ1n) is 8.41. The zero-order valence-electron chi connectivity index (χ0n) is 14.0. The van der Waals surface area contributed by atoms with Gasteiger partial charge in [0.15, 0.2) is 0 Å². The van der Waals surface area contributed by atoms with Crippen LogP contribution in [-0.2, 0) is 15.1 Å². The highest BCUT2D eigenvalue weighted by Gasteiger charge is 2.42. The molecule has 0 aliphatic carbocycles. The van der Waals surface area contributed by atoms with Crippen molar-refractivity contribution in [2.24, 2.45) is 0 Å². The maximum Gasteiger partial charge on any atom is 0.248 e. The minimum atomic E-state index is -0.627. The van der Waals surface area contributed by atoms with Gasteiger partial charge in [-0.15, -0.1) is 12.4 Å². The van der Waals surface area contributed by atoms with Crippen LogP contribution in [-0.4, -0.2) is 58.7 Å². The summed E-state index contributed by atoms with van der Waals surface area (Å²) in [6, 6.07) is 1.79. The summed E-state index contributed by atoms with van der Waals surface area (Å²) in [5.74, 6) is 0.191. The van der Waals surface area contributed by atoms with E-state index in [-0.39, 0.29) is 30.3 Å². The van der Waals surface area contributed by atoms with Gasteiger partial charge in [-0.25, -0.2) is 0 Å². The molecule has 134 valence electrons. The molecule has 0 spiro atoms. The molecule has 0 saturated carbocycles. The lowest BCUT2D eigenvalue weighted by Crippen LogP contribution is -2.57. The third-order valence-corrected chi connectivity index (χ3v) is 4.84. The molecule has 2 N–H and O–H groups in total. The summed E-state index contributed by atoms with van der Waals surface area (Å²) in [5, 5.41) is 10.7. The van der Waals surface area contributed by atoms with Crippen molar-refractivity contribution in [3.63, 3.8) is 0 Å². The van der Waals surface area contributed by atoms with Crippen LogP contribution >= 0.6 is 12.4 Å². The van der Waals surface area contributed by atoms with Crippen molar-refractivity contribution < 1.29 is 9.59 Å². The Morgan fingerprint density at radius 3 is 2.79 bits per heavy atom. The number of carbonyl (C=O) groups is 2. The Morgan fingerprint density at radius 1 is 1.46 bits per heavy atom. The molecule has 2 saturated heterocycles. The fourth-order valence-electron chi connectivity index (χ4n) is 3.55. The SMILES string of the molecule is CC(CN1CCCC1=O)NC(=O)C1(n2cccn2)CCNCC1.Cl. The second-order valence-electron chi connectivity index (χ2n) is 6.55. The van der Waals surface area contributed by atoms with E-state index in [0.29, 0.717) is 13.0 Å². The molecule has 0 bridgehead atoms. The molecule has 2 fully saturated rings. The van der Waals surface area contributed by atoms with E-state index in [1.807, 2.05) is 24.1 Å². The van der Waals surface area contributed by atoms with Gasteiger partial charge >= 0.3 is 0 Å². The molecule has 8 heteroatoms. The number of halogens is 1. The van der Waals surface area contributed by atoms with E-state index in [9.17, 15) is 9.59 Å². The number of carbonyl (C=O) groups excluding carboxylic acids is 2. The van der Waals surface area contributed by atoms with Crippen molar-refractivity contribution in [3.05, 3.63) is 18.5 Å². The van der Waals surface area contributed by atoms with Gasteiger partial charge in [0, 0.05) is 37.9 Å². The quantitative estimate of drug-likeness (QED) is 0.806. The van der Waals surface area contributed by atoms with Gasteiger partial charge in [-0.1, -0.05) is 0 Å². The van der Waals surface area contributed by atoms with Crippen LogP contribution in [0.5, 0.6) is 0 Å². The number of likely N-dealkylation sites (tertiary alicyclic amines) is 1. The Morgan fingerprint density at radius 2 is 2.21 bits per heavy atom. The molecule has 3 heterocycles. The number of nitrogens with zero attached hydrogens (tertiary/aromatic N) is 3. The van der Waals surface area contributed by atoms with Gasteiger partial charge in [0.1, 0.15) is 5.54 Å². The van der Waals surface area contributed by atoms with Gasteiger partial charge in [-0.3, -0.25) is 14.3 Å². The van der Waals surface area contributed by atoms with E-state index in [4.69, 9.17) is 0 Å². The molecule has 7 nitrogen and oxygen atoms in total. The van der Waals surface area contributed by atoms with Crippen LogP contribution in [0, 0.1) is 0 Å². The van der Waals surface area contributed by atoms with Crippen molar-refractivity contribution >= 4 is 24.2 Å². The lowest BCUT2D eigenvalue weighted by atomic mass is 9.87. The summed E-state index contributed by atoms with van der Waals surface area (Å²) in [6.45, 7) is 4.94. The number of nitrogens with one attached hydrogen (secondary N) is 2. The van der Waals surface area contributed by atoms with Crippen LogP contribution in [0.25, 0.3) is 0 Å². The van der Waals surface area contributed by atoms with Gasteiger partial charge in [0.2, 0.25) is 11.8 Å². The molecule has 3 rings (SSSR count). The van der Waals surface area contributed by atoms with Gasteiger partial charge in [0.05, 0.1) is 0 Å². The molecule has 1 atom stereocenters. The molecule has 0 aromatic carbocycles. The topological polar surface area (TPSA) is 79.3 Å². The van der Waals surface area contributed by atoms with E-state index >= 15 is 0 Å². The Labute approximate surface area is 148 Å². The Kier molecular flexibility index (Phi) is 6.23. The van der Waals surface area contributed by atoms with Crippen LogP contribution in [0.2, 0.25) is 0 Å². The van der Waals surface area contributed by atoms with Crippen LogP contribution in [0.4, 0.5) is 0 Å². The zero-order valence-corrected chi connectivity index (χ0v) is 14.8. The fourth-order valence-corrected chi connectivity index (χ4v) is 3.55. The lowest BCUT2D eigenvalue weighted by Gasteiger charge is -2.37. The van der Waals surface area contributed by atoms with Crippen LogP contribution < -0.4 is 10.6 Å². The van der Waals surface area contributed by atoms with Crippen molar-refractivity contribution in [1.82, 2.24) is 25.3 Å². The van der Waals surface area contributed by atoms with Gasteiger partial charge in [-0.05, 0) is 45.3 Å². The van der Waals surface area contributed by atoms with Crippen molar-refractivity contribution in [2.75, 3.05) is 26.2 Å². The second kappa shape index (κ2) is 7.98.